The molecule has 0 saturated carbocycles. The van der Waals surface area contributed by atoms with Crippen LogP contribution < -0.4 is 10.2 Å². The lowest BCUT2D eigenvalue weighted by molar-refractivity contribution is -0.131. The first-order valence-corrected chi connectivity index (χ1v) is 9.60. The number of hydrogen-bond acceptors (Lipinski definition) is 5. The molecule has 0 atom stereocenters. The molecule has 0 aliphatic carbocycles. The second-order valence-corrected chi connectivity index (χ2v) is 6.65. The zero-order chi connectivity index (χ0) is 19.6. The first kappa shape index (κ1) is 19.7. The van der Waals surface area contributed by atoms with Crippen molar-refractivity contribution in [3.63, 3.8) is 0 Å². The van der Waals surface area contributed by atoms with Crippen molar-refractivity contribution in [1.29, 1.82) is 0 Å². The van der Waals surface area contributed by atoms with Gasteiger partial charge in [-0.2, -0.15) is 0 Å². The molecule has 2 aromatic rings. The Balaban J connectivity index is 1.28. The summed E-state index contributed by atoms with van der Waals surface area (Å²) in [5, 5.41) is 2.69. The number of anilines is 1. The van der Waals surface area contributed by atoms with Crippen LogP contribution in [-0.2, 0) is 16.1 Å². The summed E-state index contributed by atoms with van der Waals surface area (Å²) in [7, 11) is 0. The van der Waals surface area contributed by atoms with E-state index < -0.39 is 6.09 Å². The van der Waals surface area contributed by atoms with Crippen molar-refractivity contribution in [2.45, 2.75) is 19.4 Å². The molecule has 0 radical (unpaired) electrons. The monoisotopic (exact) mass is 382 g/mol. The van der Waals surface area contributed by atoms with E-state index >= 15 is 0 Å². The molecule has 28 heavy (non-hydrogen) atoms. The Kier molecular flexibility index (Phi) is 7.23. The predicted octanol–water partition coefficient (Wildman–Crippen LogP) is 2.44. The molecule has 0 spiro atoms. The summed E-state index contributed by atoms with van der Waals surface area (Å²) in [5.74, 6) is 1.08. The molecule has 1 aromatic heterocycles. The fourth-order valence-electron chi connectivity index (χ4n) is 3.09. The Hall–Kier alpha value is -3.09. The van der Waals surface area contributed by atoms with Crippen LogP contribution in [0.15, 0.2) is 54.7 Å². The number of aromatic nitrogens is 1. The third-order valence-electron chi connectivity index (χ3n) is 4.66. The average Bonchev–Trinajstić information content (AvgIpc) is 2.76. The largest absolute Gasteiger partial charge is 0.445 e. The van der Waals surface area contributed by atoms with Crippen molar-refractivity contribution < 1.29 is 14.3 Å². The molecule has 1 aromatic carbocycles. The summed E-state index contributed by atoms with van der Waals surface area (Å²) < 4.78 is 5.15. The van der Waals surface area contributed by atoms with Crippen molar-refractivity contribution in [2.24, 2.45) is 0 Å². The lowest BCUT2D eigenvalue weighted by atomic mass is 10.2. The Labute approximate surface area is 165 Å². The molecule has 1 fully saturated rings. The molecule has 1 aliphatic rings. The van der Waals surface area contributed by atoms with Gasteiger partial charge in [0.1, 0.15) is 12.4 Å². The highest BCUT2D eigenvalue weighted by Gasteiger charge is 2.21. The molecule has 7 nitrogen and oxygen atoms in total. The van der Waals surface area contributed by atoms with Gasteiger partial charge in [0.2, 0.25) is 5.91 Å². The molecule has 2 amide bonds. The van der Waals surface area contributed by atoms with Gasteiger partial charge in [-0.3, -0.25) is 4.79 Å². The van der Waals surface area contributed by atoms with Gasteiger partial charge in [-0.15, -0.1) is 0 Å². The van der Waals surface area contributed by atoms with Gasteiger partial charge >= 0.3 is 6.09 Å². The van der Waals surface area contributed by atoms with Crippen LogP contribution in [0, 0.1) is 0 Å². The maximum atomic E-state index is 12.3. The van der Waals surface area contributed by atoms with Gasteiger partial charge in [-0.1, -0.05) is 36.4 Å². The van der Waals surface area contributed by atoms with Crippen molar-refractivity contribution in [1.82, 2.24) is 15.2 Å². The summed E-state index contributed by atoms with van der Waals surface area (Å²) in [6, 6.07) is 15.4. The van der Waals surface area contributed by atoms with Gasteiger partial charge in [0.05, 0.1) is 0 Å². The third-order valence-corrected chi connectivity index (χ3v) is 4.66. The average molecular weight is 382 g/mol. The van der Waals surface area contributed by atoms with Gasteiger partial charge in [0, 0.05) is 45.3 Å². The lowest BCUT2D eigenvalue weighted by Gasteiger charge is -2.35. The van der Waals surface area contributed by atoms with Crippen LogP contribution in [0.25, 0.3) is 0 Å². The van der Waals surface area contributed by atoms with E-state index in [2.05, 4.69) is 15.2 Å². The topological polar surface area (TPSA) is 74.8 Å². The van der Waals surface area contributed by atoms with Gasteiger partial charge in [0.25, 0.3) is 0 Å². The minimum Gasteiger partial charge on any atom is -0.445 e. The van der Waals surface area contributed by atoms with Crippen LogP contribution >= 0.6 is 0 Å². The second kappa shape index (κ2) is 10.3. The van der Waals surface area contributed by atoms with Crippen LogP contribution in [0.4, 0.5) is 10.6 Å². The van der Waals surface area contributed by atoms with E-state index in [1.54, 1.807) is 6.20 Å². The number of hydrogen-bond donors (Lipinski definition) is 1. The zero-order valence-electron chi connectivity index (χ0n) is 15.9. The SMILES string of the molecule is O=C(NCCCC(=O)N1CCN(c2ccccn2)CC1)OCc1ccccc1. The highest BCUT2D eigenvalue weighted by molar-refractivity contribution is 5.76. The second-order valence-electron chi connectivity index (χ2n) is 6.65. The molecule has 1 aliphatic heterocycles. The van der Waals surface area contributed by atoms with E-state index in [0.29, 0.717) is 32.5 Å². The van der Waals surface area contributed by atoms with Crippen LogP contribution in [0.2, 0.25) is 0 Å². The Bertz CT molecular complexity index is 747. The smallest absolute Gasteiger partial charge is 0.407 e. The van der Waals surface area contributed by atoms with Gasteiger partial charge in [0.15, 0.2) is 0 Å². The molecule has 1 saturated heterocycles. The molecule has 3 rings (SSSR count). The number of ether oxygens (including phenoxy) is 1. The van der Waals surface area contributed by atoms with Gasteiger partial charge in [-0.05, 0) is 24.1 Å². The summed E-state index contributed by atoms with van der Waals surface area (Å²) in [6.07, 6.45) is 2.34. The third kappa shape index (κ3) is 5.97. The summed E-state index contributed by atoms with van der Waals surface area (Å²) in [5.41, 5.74) is 0.942. The molecule has 148 valence electrons. The minimum atomic E-state index is -0.458. The maximum Gasteiger partial charge on any atom is 0.407 e. The molecular formula is C21H26N4O3. The number of amides is 2. The molecule has 0 unspecified atom stereocenters. The summed E-state index contributed by atoms with van der Waals surface area (Å²) >= 11 is 0. The number of carbonyl (C=O) groups is 2. The van der Waals surface area contributed by atoms with E-state index in [9.17, 15) is 9.59 Å². The number of nitrogens with one attached hydrogen (secondary N) is 1. The summed E-state index contributed by atoms with van der Waals surface area (Å²) in [4.78, 5) is 32.5. The predicted molar refractivity (Wildman–Crippen MR) is 107 cm³/mol. The van der Waals surface area contributed by atoms with Crippen molar-refractivity contribution in [3.05, 3.63) is 60.3 Å². The maximum absolute atomic E-state index is 12.3. The van der Waals surface area contributed by atoms with E-state index in [1.807, 2.05) is 53.4 Å². The number of benzene rings is 1. The number of carbonyl (C=O) groups excluding carboxylic acids is 2. The van der Waals surface area contributed by atoms with Crippen LogP contribution in [0.5, 0.6) is 0 Å². The molecule has 0 bridgehead atoms. The molecular weight excluding hydrogens is 356 g/mol. The molecule has 7 heteroatoms. The first-order valence-electron chi connectivity index (χ1n) is 9.60. The van der Waals surface area contributed by atoms with Crippen molar-refractivity contribution in [2.75, 3.05) is 37.6 Å². The van der Waals surface area contributed by atoms with E-state index in [1.165, 1.54) is 0 Å². The van der Waals surface area contributed by atoms with E-state index in [0.717, 1.165) is 24.5 Å². The van der Waals surface area contributed by atoms with Gasteiger partial charge < -0.3 is 19.9 Å². The normalized spacial score (nSPS) is 13.9. The van der Waals surface area contributed by atoms with Crippen LogP contribution in [0.1, 0.15) is 18.4 Å². The molecule has 1 N–H and O–H groups in total. The van der Waals surface area contributed by atoms with Crippen LogP contribution in [0.3, 0.4) is 0 Å². The number of rotatable bonds is 7. The van der Waals surface area contributed by atoms with Gasteiger partial charge in [-0.25, -0.2) is 9.78 Å². The fourth-order valence-corrected chi connectivity index (χ4v) is 3.09. The molecule has 2 heterocycles. The number of alkyl carbamates (subject to hydrolysis) is 1. The fraction of sp³-hybridized carbons (Fsp3) is 0.381. The zero-order valence-corrected chi connectivity index (χ0v) is 15.9. The highest BCUT2D eigenvalue weighted by Crippen LogP contribution is 2.13. The van der Waals surface area contributed by atoms with E-state index in [4.69, 9.17) is 4.74 Å². The van der Waals surface area contributed by atoms with E-state index in [-0.39, 0.29) is 12.5 Å². The number of piperazine rings is 1. The number of pyridine rings is 1. The van der Waals surface area contributed by atoms with Crippen molar-refractivity contribution >= 4 is 17.8 Å². The number of nitrogens with zero attached hydrogens (tertiary/aromatic N) is 3. The minimum absolute atomic E-state index is 0.125. The Morgan fingerprint density at radius 3 is 2.46 bits per heavy atom. The first-order chi connectivity index (χ1) is 13.7. The van der Waals surface area contributed by atoms with Crippen LogP contribution in [-0.4, -0.2) is 54.6 Å². The quantitative estimate of drug-likeness (QED) is 0.745. The lowest BCUT2D eigenvalue weighted by Crippen LogP contribution is -2.49. The Morgan fingerprint density at radius 1 is 1.00 bits per heavy atom. The summed E-state index contributed by atoms with van der Waals surface area (Å²) in [6.45, 7) is 3.63. The Morgan fingerprint density at radius 2 is 1.75 bits per heavy atom. The highest BCUT2D eigenvalue weighted by atomic mass is 16.5. The standard InChI is InChI=1S/C21H26N4O3/c26-20(25-15-13-24(14-16-25)19-9-4-5-11-22-19)10-6-12-23-21(27)28-17-18-7-2-1-3-8-18/h1-5,7-9,11H,6,10,12-17H2,(H,23,27). The van der Waals surface area contributed by atoms with Crippen molar-refractivity contribution in [3.8, 4) is 0 Å².